The van der Waals surface area contributed by atoms with Crippen molar-refractivity contribution < 1.29 is 28.2 Å². The number of carbonyl (C=O) groups is 2. The average Bonchev–Trinajstić information content (AvgIpc) is 2.71. The van der Waals surface area contributed by atoms with Crippen LogP contribution in [-0.2, 0) is 4.74 Å². The van der Waals surface area contributed by atoms with Crippen molar-refractivity contribution in [1.29, 1.82) is 0 Å². The van der Waals surface area contributed by atoms with Crippen LogP contribution in [0.15, 0.2) is 42.5 Å². The van der Waals surface area contributed by atoms with Gasteiger partial charge in [-0.2, -0.15) is 0 Å². The van der Waals surface area contributed by atoms with Crippen molar-refractivity contribution in [1.82, 2.24) is 0 Å². The predicted molar refractivity (Wildman–Crippen MR) is 103 cm³/mol. The van der Waals surface area contributed by atoms with Gasteiger partial charge in [-0.25, -0.2) is 14.0 Å². The van der Waals surface area contributed by atoms with Crippen LogP contribution in [0.2, 0.25) is 0 Å². The van der Waals surface area contributed by atoms with Crippen LogP contribution in [0.25, 0.3) is 0 Å². The van der Waals surface area contributed by atoms with Gasteiger partial charge in [0.1, 0.15) is 5.82 Å². The molecule has 6 heteroatoms. The van der Waals surface area contributed by atoms with E-state index in [2.05, 4.69) is 6.92 Å². The summed E-state index contributed by atoms with van der Waals surface area (Å²) >= 11 is 0. The standard InChI is InChI=1S/C22H25FO5/c1-3-4-5-6-7-14-27-21(24)16-8-10-17(11-9-16)22(25)28-19-13-12-18(23)15-20(19)26-2/h8-13,15H,3-7,14H2,1-2H3. The Labute approximate surface area is 164 Å². The first-order chi connectivity index (χ1) is 13.5. The lowest BCUT2D eigenvalue weighted by Crippen LogP contribution is -2.11. The van der Waals surface area contributed by atoms with E-state index in [1.165, 1.54) is 56.3 Å². The Morgan fingerprint density at radius 3 is 2.14 bits per heavy atom. The highest BCUT2D eigenvalue weighted by Crippen LogP contribution is 2.28. The largest absolute Gasteiger partial charge is 0.493 e. The molecule has 0 aromatic heterocycles. The monoisotopic (exact) mass is 388 g/mol. The summed E-state index contributed by atoms with van der Waals surface area (Å²) in [5.74, 6) is -1.32. The second-order valence-corrected chi connectivity index (χ2v) is 6.31. The van der Waals surface area contributed by atoms with Gasteiger partial charge in [0.05, 0.1) is 24.8 Å². The summed E-state index contributed by atoms with van der Waals surface area (Å²) in [5, 5.41) is 0. The highest BCUT2D eigenvalue weighted by Gasteiger charge is 2.14. The van der Waals surface area contributed by atoms with Crippen molar-refractivity contribution in [2.75, 3.05) is 13.7 Å². The first kappa shape index (κ1) is 21.4. The number of carbonyl (C=O) groups excluding carboxylic acids is 2. The highest BCUT2D eigenvalue weighted by molar-refractivity contribution is 5.94. The molecule has 2 aromatic carbocycles. The third kappa shape index (κ3) is 6.37. The van der Waals surface area contributed by atoms with Gasteiger partial charge in [0.15, 0.2) is 11.5 Å². The molecule has 0 aliphatic carbocycles. The number of rotatable bonds is 10. The van der Waals surface area contributed by atoms with E-state index in [-0.39, 0.29) is 17.1 Å². The van der Waals surface area contributed by atoms with E-state index in [9.17, 15) is 14.0 Å². The third-order valence-corrected chi connectivity index (χ3v) is 4.17. The van der Waals surface area contributed by atoms with Crippen molar-refractivity contribution in [3.63, 3.8) is 0 Å². The Morgan fingerprint density at radius 2 is 1.50 bits per heavy atom. The van der Waals surface area contributed by atoms with Gasteiger partial charge >= 0.3 is 11.9 Å². The fraction of sp³-hybridized carbons (Fsp3) is 0.364. The van der Waals surface area contributed by atoms with Gasteiger partial charge in [0, 0.05) is 6.07 Å². The molecule has 0 radical (unpaired) electrons. The van der Waals surface area contributed by atoms with Crippen LogP contribution in [0.4, 0.5) is 4.39 Å². The molecule has 0 amide bonds. The summed E-state index contributed by atoms with van der Waals surface area (Å²) in [6.07, 6.45) is 5.38. The molecule has 0 unspecified atom stereocenters. The number of benzene rings is 2. The molecule has 0 aliphatic heterocycles. The molecule has 150 valence electrons. The molecule has 0 saturated carbocycles. The first-order valence-corrected chi connectivity index (χ1v) is 9.38. The summed E-state index contributed by atoms with van der Waals surface area (Å²) in [6.45, 7) is 2.53. The maximum Gasteiger partial charge on any atom is 0.343 e. The summed E-state index contributed by atoms with van der Waals surface area (Å²) in [5.41, 5.74) is 0.618. The molecule has 0 fully saturated rings. The molecule has 28 heavy (non-hydrogen) atoms. The molecule has 0 heterocycles. The Balaban J connectivity index is 1.89. The van der Waals surface area contributed by atoms with Gasteiger partial charge in [-0.3, -0.25) is 0 Å². The number of esters is 2. The number of methoxy groups -OCH3 is 1. The molecular formula is C22H25FO5. The van der Waals surface area contributed by atoms with E-state index in [4.69, 9.17) is 14.2 Å². The maximum absolute atomic E-state index is 13.2. The maximum atomic E-state index is 13.2. The third-order valence-electron chi connectivity index (χ3n) is 4.17. The topological polar surface area (TPSA) is 61.8 Å². The van der Waals surface area contributed by atoms with Crippen molar-refractivity contribution >= 4 is 11.9 Å². The van der Waals surface area contributed by atoms with E-state index in [0.717, 1.165) is 25.3 Å². The highest BCUT2D eigenvalue weighted by atomic mass is 19.1. The van der Waals surface area contributed by atoms with Crippen LogP contribution in [0.5, 0.6) is 11.5 Å². The number of hydrogen-bond donors (Lipinski definition) is 0. The number of unbranched alkanes of at least 4 members (excludes halogenated alkanes) is 4. The average molecular weight is 388 g/mol. The van der Waals surface area contributed by atoms with Crippen LogP contribution in [0.3, 0.4) is 0 Å². The fourth-order valence-electron chi connectivity index (χ4n) is 2.58. The number of halogens is 1. The number of ether oxygens (including phenoxy) is 3. The normalized spacial score (nSPS) is 10.4. The lowest BCUT2D eigenvalue weighted by atomic mass is 10.1. The van der Waals surface area contributed by atoms with Crippen LogP contribution >= 0.6 is 0 Å². The summed E-state index contributed by atoms with van der Waals surface area (Å²) in [7, 11) is 1.36. The van der Waals surface area contributed by atoms with Gasteiger partial charge in [-0.1, -0.05) is 32.6 Å². The molecule has 0 saturated heterocycles. The Hall–Kier alpha value is -2.89. The molecule has 2 aromatic rings. The lowest BCUT2D eigenvalue weighted by Gasteiger charge is -2.09. The van der Waals surface area contributed by atoms with Gasteiger partial charge in [0.2, 0.25) is 0 Å². The molecule has 2 rings (SSSR count). The molecular weight excluding hydrogens is 363 g/mol. The Morgan fingerprint density at radius 1 is 0.857 bits per heavy atom. The molecule has 0 N–H and O–H groups in total. The quantitative estimate of drug-likeness (QED) is 0.319. The fourth-order valence-corrected chi connectivity index (χ4v) is 2.58. The molecule has 0 aliphatic rings. The van der Waals surface area contributed by atoms with Crippen molar-refractivity contribution in [2.24, 2.45) is 0 Å². The van der Waals surface area contributed by atoms with E-state index >= 15 is 0 Å². The zero-order valence-electron chi connectivity index (χ0n) is 16.2. The van der Waals surface area contributed by atoms with E-state index in [0.29, 0.717) is 12.2 Å². The minimum atomic E-state index is -0.638. The van der Waals surface area contributed by atoms with E-state index < -0.39 is 17.8 Å². The van der Waals surface area contributed by atoms with Crippen LogP contribution in [-0.4, -0.2) is 25.7 Å². The van der Waals surface area contributed by atoms with Crippen LogP contribution < -0.4 is 9.47 Å². The van der Waals surface area contributed by atoms with Crippen molar-refractivity contribution in [3.8, 4) is 11.5 Å². The molecule has 0 spiro atoms. The SMILES string of the molecule is CCCCCCCOC(=O)c1ccc(C(=O)Oc2ccc(F)cc2OC)cc1. The summed E-state index contributed by atoms with van der Waals surface area (Å²) < 4.78 is 28.7. The molecule has 0 atom stereocenters. The predicted octanol–water partition coefficient (Wildman–Crippen LogP) is 5.18. The zero-order chi connectivity index (χ0) is 20.4. The minimum absolute atomic E-state index is 0.112. The minimum Gasteiger partial charge on any atom is -0.493 e. The zero-order valence-corrected chi connectivity index (χ0v) is 16.2. The van der Waals surface area contributed by atoms with Crippen molar-refractivity contribution in [3.05, 3.63) is 59.4 Å². The number of hydrogen-bond acceptors (Lipinski definition) is 5. The summed E-state index contributed by atoms with van der Waals surface area (Å²) in [6, 6.07) is 9.61. The van der Waals surface area contributed by atoms with E-state index in [1.807, 2.05) is 0 Å². The summed E-state index contributed by atoms with van der Waals surface area (Å²) in [4.78, 5) is 24.3. The second-order valence-electron chi connectivity index (χ2n) is 6.31. The van der Waals surface area contributed by atoms with Crippen molar-refractivity contribution in [2.45, 2.75) is 39.0 Å². The second kappa shape index (κ2) is 11.1. The van der Waals surface area contributed by atoms with Crippen LogP contribution in [0.1, 0.15) is 59.7 Å². The smallest absolute Gasteiger partial charge is 0.343 e. The lowest BCUT2D eigenvalue weighted by molar-refractivity contribution is 0.0497. The molecule has 5 nitrogen and oxygen atoms in total. The van der Waals surface area contributed by atoms with Gasteiger partial charge in [-0.05, 0) is 42.8 Å². The first-order valence-electron chi connectivity index (χ1n) is 9.38. The Kier molecular flexibility index (Phi) is 8.46. The van der Waals surface area contributed by atoms with Gasteiger partial charge in [-0.15, -0.1) is 0 Å². The van der Waals surface area contributed by atoms with Crippen LogP contribution in [0, 0.1) is 5.82 Å². The van der Waals surface area contributed by atoms with E-state index in [1.54, 1.807) is 0 Å². The molecule has 0 bridgehead atoms. The van der Waals surface area contributed by atoms with Gasteiger partial charge < -0.3 is 14.2 Å². The van der Waals surface area contributed by atoms with Gasteiger partial charge in [0.25, 0.3) is 0 Å². The Bertz CT molecular complexity index is 786.